The van der Waals surface area contributed by atoms with Crippen molar-refractivity contribution in [1.29, 1.82) is 0 Å². The Labute approximate surface area is 117 Å². The molecule has 0 saturated carbocycles. The lowest BCUT2D eigenvalue weighted by molar-refractivity contribution is 0.305. The van der Waals surface area contributed by atoms with Crippen LogP contribution in [-0.4, -0.2) is 21.5 Å². The average molecular weight is 274 g/mol. The van der Waals surface area contributed by atoms with Gasteiger partial charge < -0.3 is 5.11 Å². The molecule has 0 saturated heterocycles. The lowest BCUT2D eigenvalue weighted by atomic mass is 10.2. The summed E-state index contributed by atoms with van der Waals surface area (Å²) in [5.74, 6) is 5.99. The Balaban J connectivity index is 2.12. The topological polar surface area (TPSA) is 38.0 Å². The van der Waals surface area contributed by atoms with Crippen molar-refractivity contribution in [3.8, 4) is 11.8 Å². The second-order valence-electron chi connectivity index (χ2n) is 4.53. The first kappa shape index (κ1) is 13.9. The summed E-state index contributed by atoms with van der Waals surface area (Å²) in [6.07, 6.45) is 0.530. The van der Waals surface area contributed by atoms with Crippen LogP contribution < -0.4 is 0 Å². The molecule has 0 spiro atoms. The van der Waals surface area contributed by atoms with Gasteiger partial charge >= 0.3 is 0 Å². The van der Waals surface area contributed by atoms with Gasteiger partial charge in [0.25, 0.3) is 0 Å². The van der Waals surface area contributed by atoms with Crippen molar-refractivity contribution in [2.45, 2.75) is 33.7 Å². The molecule has 100 valence electrons. The number of aliphatic hydroxyl groups is 1. The van der Waals surface area contributed by atoms with Gasteiger partial charge in [-0.05, 0) is 32.4 Å². The van der Waals surface area contributed by atoms with Crippen molar-refractivity contribution in [2.75, 3.05) is 6.61 Å². The van der Waals surface area contributed by atoms with E-state index in [1.807, 2.05) is 11.6 Å². The van der Waals surface area contributed by atoms with Crippen molar-refractivity contribution in [1.82, 2.24) is 9.78 Å². The molecule has 2 aromatic rings. The third-order valence-corrected chi connectivity index (χ3v) is 4.09. The number of aliphatic hydroxyl groups excluding tert-OH is 1. The Hall–Kier alpha value is -1.57. The maximum absolute atomic E-state index is 8.69. The van der Waals surface area contributed by atoms with E-state index in [-0.39, 0.29) is 6.61 Å². The van der Waals surface area contributed by atoms with Crippen molar-refractivity contribution in [3.05, 3.63) is 38.8 Å². The van der Waals surface area contributed by atoms with Crippen LogP contribution in [0, 0.1) is 32.6 Å². The number of hydrogen-bond acceptors (Lipinski definition) is 3. The minimum absolute atomic E-state index is 0.120. The fourth-order valence-corrected chi connectivity index (χ4v) is 2.63. The summed E-state index contributed by atoms with van der Waals surface area (Å²) in [5.41, 5.74) is 4.60. The van der Waals surface area contributed by atoms with Gasteiger partial charge in [0.1, 0.15) is 0 Å². The van der Waals surface area contributed by atoms with Crippen LogP contribution in [0.1, 0.15) is 33.8 Å². The highest BCUT2D eigenvalue weighted by atomic mass is 32.1. The highest BCUT2D eigenvalue weighted by molar-refractivity contribution is 7.10. The number of rotatable bonds is 3. The minimum atomic E-state index is 0.120. The molecule has 0 aromatic carbocycles. The molecule has 2 rings (SSSR count). The van der Waals surface area contributed by atoms with E-state index in [9.17, 15) is 0 Å². The molecule has 3 nitrogen and oxygen atoms in total. The first-order chi connectivity index (χ1) is 9.11. The normalized spacial score (nSPS) is 10.3. The van der Waals surface area contributed by atoms with E-state index in [0.29, 0.717) is 6.42 Å². The Morgan fingerprint density at radius 3 is 2.79 bits per heavy atom. The molecule has 2 heterocycles. The number of nitrogens with zero attached hydrogens (tertiary/aromatic N) is 2. The van der Waals surface area contributed by atoms with Gasteiger partial charge in [-0.25, -0.2) is 0 Å². The van der Waals surface area contributed by atoms with Gasteiger partial charge in [-0.15, -0.1) is 11.3 Å². The van der Waals surface area contributed by atoms with E-state index in [4.69, 9.17) is 5.11 Å². The summed E-state index contributed by atoms with van der Waals surface area (Å²) in [7, 11) is 0. The molecule has 0 amide bonds. The van der Waals surface area contributed by atoms with Crippen molar-refractivity contribution < 1.29 is 5.11 Å². The third-order valence-electron chi connectivity index (χ3n) is 3.17. The van der Waals surface area contributed by atoms with E-state index in [2.05, 4.69) is 42.2 Å². The van der Waals surface area contributed by atoms with Crippen LogP contribution in [0.4, 0.5) is 0 Å². The third kappa shape index (κ3) is 3.25. The summed E-state index contributed by atoms with van der Waals surface area (Å²) in [4.78, 5) is 1.25. The average Bonchev–Trinajstić information content (AvgIpc) is 2.92. The summed E-state index contributed by atoms with van der Waals surface area (Å²) in [6, 6.07) is 2.10. The fourth-order valence-electron chi connectivity index (χ4n) is 1.84. The van der Waals surface area contributed by atoms with E-state index < -0.39 is 0 Å². The van der Waals surface area contributed by atoms with Gasteiger partial charge in [0, 0.05) is 27.9 Å². The van der Waals surface area contributed by atoms with Crippen LogP contribution >= 0.6 is 11.3 Å². The van der Waals surface area contributed by atoms with Crippen molar-refractivity contribution in [2.24, 2.45) is 0 Å². The summed E-state index contributed by atoms with van der Waals surface area (Å²) < 4.78 is 2.04. The zero-order valence-electron chi connectivity index (χ0n) is 11.5. The minimum Gasteiger partial charge on any atom is -0.395 e. The predicted molar refractivity (Wildman–Crippen MR) is 78.4 cm³/mol. The molecule has 1 N–H and O–H groups in total. The molecule has 19 heavy (non-hydrogen) atoms. The highest BCUT2D eigenvalue weighted by Gasteiger charge is 2.08. The Morgan fingerprint density at radius 1 is 1.37 bits per heavy atom. The molecule has 0 aliphatic carbocycles. The molecule has 0 atom stereocenters. The number of thiophene rings is 1. The summed E-state index contributed by atoms with van der Waals surface area (Å²) in [5, 5.41) is 15.3. The number of aromatic nitrogens is 2. The maximum atomic E-state index is 8.69. The second kappa shape index (κ2) is 6.05. The zero-order valence-corrected chi connectivity index (χ0v) is 12.3. The van der Waals surface area contributed by atoms with Crippen LogP contribution in [0.5, 0.6) is 0 Å². The first-order valence-corrected chi connectivity index (χ1v) is 7.17. The van der Waals surface area contributed by atoms with Crippen LogP contribution in [0.25, 0.3) is 0 Å². The van der Waals surface area contributed by atoms with Crippen LogP contribution in [-0.2, 0) is 6.54 Å². The summed E-state index contributed by atoms with van der Waals surface area (Å²) in [6.45, 7) is 7.17. The van der Waals surface area contributed by atoms with Gasteiger partial charge in [0.2, 0.25) is 0 Å². The van der Waals surface area contributed by atoms with Gasteiger partial charge in [0.15, 0.2) is 0 Å². The second-order valence-corrected chi connectivity index (χ2v) is 5.53. The molecule has 2 aromatic heterocycles. The van der Waals surface area contributed by atoms with Gasteiger partial charge in [-0.2, -0.15) is 5.10 Å². The molecule has 0 fully saturated rings. The number of hydrogen-bond donors (Lipinski definition) is 1. The highest BCUT2D eigenvalue weighted by Crippen LogP contribution is 2.18. The molecule has 0 aliphatic heterocycles. The maximum Gasteiger partial charge on any atom is 0.0755 e. The largest absolute Gasteiger partial charge is 0.395 e. The zero-order chi connectivity index (χ0) is 13.8. The molecular formula is C15H18N2OS. The first-order valence-electron chi connectivity index (χ1n) is 6.29. The molecule has 0 radical (unpaired) electrons. The monoisotopic (exact) mass is 274 g/mol. The molecule has 4 heteroatoms. The van der Waals surface area contributed by atoms with Crippen LogP contribution in [0.15, 0.2) is 11.4 Å². The quantitative estimate of drug-likeness (QED) is 0.874. The molecular weight excluding hydrogens is 256 g/mol. The van der Waals surface area contributed by atoms with Gasteiger partial charge in [0.05, 0.1) is 18.8 Å². The van der Waals surface area contributed by atoms with Gasteiger partial charge in [-0.3, -0.25) is 4.68 Å². The molecule has 0 bridgehead atoms. The smallest absolute Gasteiger partial charge is 0.0755 e. The standard InChI is InChI=1S/C15H18N2OS/c1-11-12(2)16-17(13(11)3)9-15-8-14(10-19-15)6-4-5-7-18/h8,10,18H,5,7,9H2,1-3H3. The van der Waals surface area contributed by atoms with E-state index in [0.717, 1.165) is 17.8 Å². The SMILES string of the molecule is Cc1nn(Cc2cc(C#CCCO)cs2)c(C)c1C. The Morgan fingerprint density at radius 2 is 2.16 bits per heavy atom. The van der Waals surface area contributed by atoms with E-state index in [1.54, 1.807) is 11.3 Å². The Bertz CT molecular complexity index is 628. The lowest BCUT2D eigenvalue weighted by Crippen LogP contribution is -2.02. The lowest BCUT2D eigenvalue weighted by Gasteiger charge is -2.01. The fraction of sp³-hybridized carbons (Fsp3) is 0.400. The van der Waals surface area contributed by atoms with Crippen molar-refractivity contribution in [3.63, 3.8) is 0 Å². The van der Waals surface area contributed by atoms with Gasteiger partial charge in [-0.1, -0.05) is 11.8 Å². The van der Waals surface area contributed by atoms with E-state index >= 15 is 0 Å². The van der Waals surface area contributed by atoms with Crippen LogP contribution in [0.3, 0.4) is 0 Å². The molecule has 0 aliphatic rings. The molecule has 0 unspecified atom stereocenters. The number of aryl methyl sites for hydroxylation is 1. The van der Waals surface area contributed by atoms with E-state index in [1.165, 1.54) is 16.1 Å². The van der Waals surface area contributed by atoms with Crippen molar-refractivity contribution >= 4 is 11.3 Å². The predicted octanol–water partition coefficient (Wildman–Crippen LogP) is 2.65. The Kier molecular flexibility index (Phi) is 4.41. The summed E-state index contributed by atoms with van der Waals surface area (Å²) >= 11 is 1.70. The van der Waals surface area contributed by atoms with Crippen LogP contribution in [0.2, 0.25) is 0 Å².